The first-order valence-electron chi connectivity index (χ1n) is 10.1. The molecule has 31 heavy (non-hydrogen) atoms. The van der Waals surface area contributed by atoms with Crippen molar-refractivity contribution in [1.82, 2.24) is 20.5 Å². The largest absolute Gasteiger partial charge is 0.444 e. The van der Waals surface area contributed by atoms with Gasteiger partial charge in [-0.25, -0.2) is 4.98 Å². The van der Waals surface area contributed by atoms with Gasteiger partial charge in [-0.05, 0) is 45.6 Å². The Bertz CT molecular complexity index is 964. The van der Waals surface area contributed by atoms with Crippen molar-refractivity contribution in [3.05, 3.63) is 77.2 Å². The summed E-state index contributed by atoms with van der Waals surface area (Å²) >= 11 is 0. The van der Waals surface area contributed by atoms with Crippen molar-refractivity contribution >= 4 is 29.9 Å². The highest BCUT2D eigenvalue weighted by atomic mass is 127. The Labute approximate surface area is 202 Å². The fourth-order valence-corrected chi connectivity index (χ4v) is 3.19. The normalized spacial score (nSPS) is 12.4. The number of aromatic nitrogens is 1. The predicted molar refractivity (Wildman–Crippen MR) is 138 cm³/mol. The number of oxazole rings is 1. The highest BCUT2D eigenvalue weighted by molar-refractivity contribution is 14.0. The molecule has 0 aliphatic heterocycles. The van der Waals surface area contributed by atoms with Crippen LogP contribution in [0.15, 0.2) is 64.2 Å². The summed E-state index contributed by atoms with van der Waals surface area (Å²) in [6, 6.07) is 17.0. The molecule has 1 aromatic heterocycles. The van der Waals surface area contributed by atoms with E-state index in [9.17, 15) is 0 Å². The highest BCUT2D eigenvalue weighted by Crippen LogP contribution is 2.19. The monoisotopic (exact) mass is 533 g/mol. The molecule has 3 rings (SSSR count). The minimum absolute atomic E-state index is 0. The Morgan fingerprint density at radius 3 is 2.19 bits per heavy atom. The quantitative estimate of drug-likeness (QED) is 0.265. The number of likely N-dealkylation sites (N-methyl/N-ethyl adjacent to an activating group) is 1. The molecule has 0 spiro atoms. The van der Waals surface area contributed by atoms with Crippen LogP contribution in [0.5, 0.6) is 0 Å². The molecule has 0 fully saturated rings. The minimum atomic E-state index is 0. The Balaban J connectivity index is 0.00000341. The van der Waals surface area contributed by atoms with Crippen LogP contribution in [-0.4, -0.2) is 43.5 Å². The third-order valence-corrected chi connectivity index (χ3v) is 5.06. The molecule has 1 atom stereocenters. The Hall–Kier alpha value is -2.39. The summed E-state index contributed by atoms with van der Waals surface area (Å²) in [6.45, 7) is 5.44. The molecule has 2 N–H and O–H groups in total. The third kappa shape index (κ3) is 7.07. The first-order valence-corrected chi connectivity index (χ1v) is 10.1. The molecule has 7 heteroatoms. The van der Waals surface area contributed by atoms with Crippen molar-refractivity contribution in [2.45, 2.75) is 26.4 Å². The zero-order valence-electron chi connectivity index (χ0n) is 18.8. The van der Waals surface area contributed by atoms with E-state index in [-0.39, 0.29) is 30.0 Å². The van der Waals surface area contributed by atoms with Crippen LogP contribution in [0.25, 0.3) is 11.5 Å². The fourth-order valence-electron chi connectivity index (χ4n) is 3.19. The van der Waals surface area contributed by atoms with Crippen LogP contribution in [-0.2, 0) is 6.54 Å². The van der Waals surface area contributed by atoms with Crippen molar-refractivity contribution in [3.8, 4) is 11.5 Å². The molecule has 0 aliphatic carbocycles. The van der Waals surface area contributed by atoms with Crippen LogP contribution in [0, 0.1) is 13.8 Å². The van der Waals surface area contributed by atoms with Crippen molar-refractivity contribution in [2.24, 2.45) is 4.99 Å². The van der Waals surface area contributed by atoms with E-state index in [0.29, 0.717) is 12.4 Å². The number of benzene rings is 2. The molecule has 1 heterocycles. The van der Waals surface area contributed by atoms with Gasteiger partial charge in [0.25, 0.3) is 0 Å². The van der Waals surface area contributed by atoms with Gasteiger partial charge in [0, 0.05) is 19.2 Å². The number of guanidine groups is 1. The number of halogens is 1. The molecular formula is C24H32IN5O. The molecule has 0 bridgehead atoms. The topological polar surface area (TPSA) is 65.7 Å². The number of aliphatic imine (C=N–C) groups is 1. The molecular weight excluding hydrogens is 501 g/mol. The second-order valence-electron chi connectivity index (χ2n) is 7.71. The SMILES string of the molecule is CN=C(NCc1coc(-c2ccc(C)cc2)n1)NCC(c1ccc(C)cc1)N(C)C.I. The van der Waals surface area contributed by atoms with Gasteiger partial charge in [-0.3, -0.25) is 4.99 Å². The molecule has 0 amide bonds. The van der Waals surface area contributed by atoms with Crippen LogP contribution in [0.3, 0.4) is 0 Å². The maximum absolute atomic E-state index is 5.64. The third-order valence-electron chi connectivity index (χ3n) is 5.06. The van der Waals surface area contributed by atoms with Crippen LogP contribution >= 0.6 is 24.0 Å². The van der Waals surface area contributed by atoms with E-state index in [1.807, 2.05) is 12.1 Å². The summed E-state index contributed by atoms with van der Waals surface area (Å²) in [6.07, 6.45) is 1.68. The number of hydrogen-bond donors (Lipinski definition) is 2. The van der Waals surface area contributed by atoms with Crippen LogP contribution in [0.2, 0.25) is 0 Å². The summed E-state index contributed by atoms with van der Waals surface area (Å²) in [5.74, 6) is 1.36. The molecule has 166 valence electrons. The molecule has 0 aliphatic rings. The van der Waals surface area contributed by atoms with Crippen molar-refractivity contribution in [1.29, 1.82) is 0 Å². The Kier molecular flexibility index (Phi) is 9.51. The van der Waals surface area contributed by atoms with E-state index in [4.69, 9.17) is 4.42 Å². The molecule has 2 aromatic carbocycles. The fraction of sp³-hybridized carbons (Fsp3) is 0.333. The van der Waals surface area contributed by atoms with Gasteiger partial charge < -0.3 is 20.0 Å². The van der Waals surface area contributed by atoms with Gasteiger partial charge in [0.05, 0.1) is 18.3 Å². The smallest absolute Gasteiger partial charge is 0.226 e. The van der Waals surface area contributed by atoms with Gasteiger partial charge in [-0.1, -0.05) is 47.5 Å². The summed E-state index contributed by atoms with van der Waals surface area (Å²) in [7, 11) is 5.95. The molecule has 0 saturated carbocycles. The average Bonchev–Trinajstić information content (AvgIpc) is 3.21. The van der Waals surface area contributed by atoms with Gasteiger partial charge in [0.2, 0.25) is 5.89 Å². The lowest BCUT2D eigenvalue weighted by molar-refractivity contribution is 0.298. The Morgan fingerprint density at radius 1 is 1.00 bits per heavy atom. The first-order chi connectivity index (χ1) is 14.5. The second-order valence-corrected chi connectivity index (χ2v) is 7.71. The lowest BCUT2D eigenvalue weighted by atomic mass is 10.0. The number of rotatable bonds is 7. The maximum Gasteiger partial charge on any atom is 0.226 e. The summed E-state index contributed by atoms with van der Waals surface area (Å²) < 4.78 is 5.64. The predicted octanol–water partition coefficient (Wildman–Crippen LogP) is 4.54. The average molecular weight is 533 g/mol. The number of nitrogens with one attached hydrogen (secondary N) is 2. The van der Waals surface area contributed by atoms with Crippen LogP contribution in [0.1, 0.15) is 28.4 Å². The standard InChI is InChI=1S/C24H31N5O.HI/c1-17-6-10-19(11-7-17)22(29(4)5)15-27-24(25-3)26-14-21-16-30-23(28-21)20-12-8-18(2)9-13-20;/h6-13,16,22H,14-15H2,1-5H3,(H2,25,26,27);1H. The molecule has 6 nitrogen and oxygen atoms in total. The molecule has 0 saturated heterocycles. The molecule has 1 unspecified atom stereocenters. The zero-order valence-corrected chi connectivity index (χ0v) is 21.2. The van der Waals surface area contributed by atoms with Gasteiger partial charge in [0.15, 0.2) is 5.96 Å². The second kappa shape index (κ2) is 11.9. The van der Waals surface area contributed by atoms with E-state index in [1.165, 1.54) is 16.7 Å². The van der Waals surface area contributed by atoms with Gasteiger partial charge >= 0.3 is 0 Å². The van der Waals surface area contributed by atoms with Gasteiger partial charge in [-0.15, -0.1) is 24.0 Å². The minimum Gasteiger partial charge on any atom is -0.444 e. The molecule has 0 radical (unpaired) electrons. The molecule has 3 aromatic rings. The lowest BCUT2D eigenvalue weighted by Crippen LogP contribution is -2.41. The van der Waals surface area contributed by atoms with E-state index in [0.717, 1.165) is 23.8 Å². The first kappa shape index (κ1) is 24.9. The Morgan fingerprint density at radius 2 is 1.61 bits per heavy atom. The van der Waals surface area contributed by atoms with Crippen molar-refractivity contribution in [3.63, 3.8) is 0 Å². The number of hydrogen-bond acceptors (Lipinski definition) is 4. The number of nitrogens with zero attached hydrogens (tertiary/aromatic N) is 3. The van der Waals surface area contributed by atoms with Crippen LogP contribution < -0.4 is 10.6 Å². The zero-order chi connectivity index (χ0) is 21.5. The summed E-state index contributed by atoms with van der Waals surface area (Å²) in [5, 5.41) is 6.73. The maximum atomic E-state index is 5.64. The van der Waals surface area contributed by atoms with E-state index in [1.54, 1.807) is 13.3 Å². The summed E-state index contributed by atoms with van der Waals surface area (Å²) in [5.41, 5.74) is 5.55. The van der Waals surface area contributed by atoms with E-state index in [2.05, 4.69) is 89.9 Å². The van der Waals surface area contributed by atoms with Crippen molar-refractivity contribution in [2.75, 3.05) is 27.7 Å². The highest BCUT2D eigenvalue weighted by Gasteiger charge is 2.15. The van der Waals surface area contributed by atoms with E-state index >= 15 is 0 Å². The number of aryl methyl sites for hydroxylation is 2. The van der Waals surface area contributed by atoms with Crippen LogP contribution in [0.4, 0.5) is 0 Å². The van der Waals surface area contributed by atoms with Crippen molar-refractivity contribution < 1.29 is 4.42 Å². The lowest BCUT2D eigenvalue weighted by Gasteiger charge is -2.26. The van der Waals surface area contributed by atoms with Gasteiger partial charge in [-0.2, -0.15) is 0 Å². The summed E-state index contributed by atoms with van der Waals surface area (Å²) in [4.78, 5) is 11.1. The van der Waals surface area contributed by atoms with E-state index < -0.39 is 0 Å². The van der Waals surface area contributed by atoms with Gasteiger partial charge in [0.1, 0.15) is 6.26 Å².